The normalized spacial score (nSPS) is 25.1. The van der Waals surface area contributed by atoms with Crippen LogP contribution in [0, 0.1) is 11.8 Å². The van der Waals surface area contributed by atoms with E-state index in [0.717, 1.165) is 12.8 Å². The predicted octanol–water partition coefficient (Wildman–Crippen LogP) is 2.85. The van der Waals surface area contributed by atoms with E-state index in [4.69, 9.17) is 4.74 Å². The summed E-state index contributed by atoms with van der Waals surface area (Å²) in [6, 6.07) is 5.27. The molecule has 176 valence electrons. The number of aromatic nitrogens is 2. The van der Waals surface area contributed by atoms with Gasteiger partial charge in [0, 0.05) is 57.3 Å². The van der Waals surface area contributed by atoms with Crippen molar-refractivity contribution in [3.05, 3.63) is 36.8 Å². The van der Waals surface area contributed by atoms with Crippen LogP contribution < -0.4 is 10.1 Å². The smallest absolute Gasteiger partial charge is 0.406 e. The number of hydrogen-bond donors (Lipinski definition) is 1. The molecule has 12 heteroatoms. The molecule has 2 saturated heterocycles. The van der Waals surface area contributed by atoms with Crippen molar-refractivity contribution in [1.82, 2.24) is 13.9 Å². The summed E-state index contributed by atoms with van der Waals surface area (Å²) in [6.07, 6.45) is -0.126. The standard InChI is InChI=1S/C20H25F3N4O4S/c1-26-11-19(24-13-26)32(28,29)27-9-17(14-4-3-7-30-12-14)18(10-27)25-15-5-2-6-16(8-15)31-20(21,22)23/h2,5-6,8,11,13-14,17-18,25H,3-4,7,9-10,12H2,1H3/t14-,17?,18?/m1/s1. The molecule has 8 nitrogen and oxygen atoms in total. The largest absolute Gasteiger partial charge is 0.573 e. The van der Waals surface area contributed by atoms with Gasteiger partial charge in [-0.2, -0.15) is 4.31 Å². The molecule has 3 atom stereocenters. The van der Waals surface area contributed by atoms with Crippen molar-refractivity contribution in [3.8, 4) is 5.75 Å². The van der Waals surface area contributed by atoms with E-state index in [2.05, 4.69) is 15.0 Å². The minimum absolute atomic E-state index is 0.0279. The molecular weight excluding hydrogens is 449 g/mol. The summed E-state index contributed by atoms with van der Waals surface area (Å²) in [5, 5.41) is 3.21. The van der Waals surface area contributed by atoms with Crippen molar-refractivity contribution >= 4 is 15.7 Å². The van der Waals surface area contributed by atoms with Gasteiger partial charge in [0.25, 0.3) is 10.0 Å². The van der Waals surface area contributed by atoms with E-state index in [1.54, 1.807) is 17.7 Å². The van der Waals surface area contributed by atoms with Crippen LogP contribution in [0.4, 0.5) is 18.9 Å². The maximum absolute atomic E-state index is 13.1. The van der Waals surface area contributed by atoms with E-state index in [1.165, 1.54) is 35.0 Å². The van der Waals surface area contributed by atoms with E-state index in [-0.39, 0.29) is 41.7 Å². The van der Waals surface area contributed by atoms with E-state index in [1.807, 2.05) is 0 Å². The number of alkyl halides is 3. The lowest BCUT2D eigenvalue weighted by atomic mass is 9.84. The van der Waals surface area contributed by atoms with Gasteiger partial charge in [0.15, 0.2) is 5.03 Å². The Morgan fingerprint density at radius 2 is 2.09 bits per heavy atom. The van der Waals surface area contributed by atoms with E-state index in [9.17, 15) is 21.6 Å². The number of nitrogens with one attached hydrogen (secondary N) is 1. The molecule has 2 unspecified atom stereocenters. The highest BCUT2D eigenvalue weighted by Crippen LogP contribution is 2.35. The Bertz CT molecular complexity index is 1040. The Morgan fingerprint density at radius 3 is 2.75 bits per heavy atom. The van der Waals surface area contributed by atoms with E-state index < -0.39 is 16.4 Å². The van der Waals surface area contributed by atoms with Crippen molar-refractivity contribution in [2.24, 2.45) is 18.9 Å². The Morgan fingerprint density at radius 1 is 1.28 bits per heavy atom. The van der Waals surface area contributed by atoms with Gasteiger partial charge in [-0.05, 0) is 36.8 Å². The second-order valence-corrected chi connectivity index (χ2v) is 10.1. The van der Waals surface area contributed by atoms with Gasteiger partial charge in [-0.25, -0.2) is 13.4 Å². The number of nitrogens with zero attached hydrogens (tertiary/aromatic N) is 3. The van der Waals surface area contributed by atoms with Crippen LogP contribution in [0.25, 0.3) is 0 Å². The molecule has 0 radical (unpaired) electrons. The molecule has 0 bridgehead atoms. The lowest BCUT2D eigenvalue weighted by molar-refractivity contribution is -0.274. The molecule has 2 fully saturated rings. The van der Waals surface area contributed by atoms with Gasteiger partial charge in [-0.3, -0.25) is 0 Å². The number of rotatable bonds is 6. The summed E-state index contributed by atoms with van der Waals surface area (Å²) < 4.78 is 76.6. The first kappa shape index (κ1) is 22.9. The van der Waals surface area contributed by atoms with Crippen LogP contribution in [0.2, 0.25) is 0 Å². The molecule has 4 rings (SSSR count). The molecule has 1 aromatic carbocycles. The maximum Gasteiger partial charge on any atom is 0.573 e. The summed E-state index contributed by atoms with van der Waals surface area (Å²) in [4.78, 5) is 3.99. The lowest BCUT2D eigenvalue weighted by Crippen LogP contribution is -2.36. The van der Waals surface area contributed by atoms with Crippen LogP contribution in [-0.2, 0) is 21.8 Å². The first-order valence-electron chi connectivity index (χ1n) is 10.3. The predicted molar refractivity (Wildman–Crippen MR) is 110 cm³/mol. The third kappa shape index (κ3) is 5.18. The third-order valence-corrected chi connectivity index (χ3v) is 7.56. The topological polar surface area (TPSA) is 85.7 Å². The number of halogens is 3. The zero-order valence-corrected chi connectivity index (χ0v) is 18.3. The zero-order valence-electron chi connectivity index (χ0n) is 17.5. The number of imidazole rings is 1. The van der Waals surface area contributed by atoms with Gasteiger partial charge in [0.2, 0.25) is 0 Å². The number of hydrogen-bond acceptors (Lipinski definition) is 6. The molecule has 0 saturated carbocycles. The molecule has 0 aliphatic carbocycles. The van der Waals surface area contributed by atoms with Gasteiger partial charge in [0.1, 0.15) is 5.75 Å². The van der Waals surface area contributed by atoms with Crippen molar-refractivity contribution < 1.29 is 31.1 Å². The van der Waals surface area contributed by atoms with Crippen LogP contribution in [0.3, 0.4) is 0 Å². The molecule has 32 heavy (non-hydrogen) atoms. The molecule has 1 aromatic heterocycles. The Labute approximate surface area is 184 Å². The van der Waals surface area contributed by atoms with Crippen LogP contribution in [0.15, 0.2) is 41.8 Å². The van der Waals surface area contributed by atoms with E-state index >= 15 is 0 Å². The highest BCUT2D eigenvalue weighted by molar-refractivity contribution is 7.89. The Balaban J connectivity index is 1.56. The van der Waals surface area contributed by atoms with Gasteiger partial charge in [-0.15, -0.1) is 13.2 Å². The molecule has 2 aliphatic heterocycles. The minimum atomic E-state index is -4.79. The number of benzene rings is 1. The summed E-state index contributed by atoms with van der Waals surface area (Å²) in [5.41, 5.74) is 0.426. The second kappa shape index (κ2) is 8.91. The van der Waals surface area contributed by atoms with Crippen molar-refractivity contribution in [2.45, 2.75) is 30.3 Å². The second-order valence-electron chi connectivity index (χ2n) is 8.17. The molecule has 2 aromatic rings. The maximum atomic E-state index is 13.1. The fraction of sp³-hybridized carbons (Fsp3) is 0.550. The zero-order chi connectivity index (χ0) is 22.9. The summed E-state index contributed by atoms with van der Waals surface area (Å²) in [5.74, 6) is -0.267. The van der Waals surface area contributed by atoms with Crippen LogP contribution >= 0.6 is 0 Å². The van der Waals surface area contributed by atoms with Crippen LogP contribution in [0.5, 0.6) is 5.75 Å². The molecule has 0 amide bonds. The fourth-order valence-electron chi connectivity index (χ4n) is 4.37. The van der Waals surface area contributed by atoms with E-state index in [0.29, 0.717) is 18.9 Å². The molecule has 1 N–H and O–H groups in total. The Hall–Kier alpha value is -2.31. The summed E-state index contributed by atoms with van der Waals surface area (Å²) >= 11 is 0. The number of aryl methyl sites for hydroxylation is 1. The van der Waals surface area contributed by atoms with Gasteiger partial charge in [0.05, 0.1) is 6.33 Å². The Kier molecular flexibility index (Phi) is 6.37. The highest BCUT2D eigenvalue weighted by Gasteiger charge is 2.44. The summed E-state index contributed by atoms with van der Waals surface area (Å²) in [7, 11) is -2.11. The summed E-state index contributed by atoms with van der Waals surface area (Å²) in [6.45, 7) is 1.65. The molecule has 3 heterocycles. The average molecular weight is 475 g/mol. The fourth-order valence-corrected chi connectivity index (χ4v) is 5.84. The number of sulfonamides is 1. The highest BCUT2D eigenvalue weighted by atomic mass is 32.2. The number of ether oxygens (including phenoxy) is 2. The first-order chi connectivity index (χ1) is 15.1. The van der Waals surface area contributed by atoms with Crippen molar-refractivity contribution in [3.63, 3.8) is 0 Å². The third-order valence-electron chi connectivity index (χ3n) is 5.84. The number of anilines is 1. The average Bonchev–Trinajstić information content (AvgIpc) is 3.35. The quantitative estimate of drug-likeness (QED) is 0.693. The monoisotopic (exact) mass is 474 g/mol. The van der Waals surface area contributed by atoms with Crippen molar-refractivity contribution in [1.29, 1.82) is 0 Å². The minimum Gasteiger partial charge on any atom is -0.406 e. The van der Waals surface area contributed by atoms with Crippen LogP contribution in [-0.4, -0.2) is 61.0 Å². The molecule has 2 aliphatic rings. The SMILES string of the molecule is Cn1cnc(S(=O)(=O)N2CC(Nc3cccc(OC(F)(F)F)c3)C([C@@H]3CCCOC3)C2)c1. The van der Waals surface area contributed by atoms with Crippen molar-refractivity contribution in [2.75, 3.05) is 31.6 Å². The van der Waals surface area contributed by atoms with Gasteiger partial charge in [-0.1, -0.05) is 6.07 Å². The lowest BCUT2D eigenvalue weighted by Gasteiger charge is -2.31. The molecule has 0 spiro atoms. The first-order valence-corrected chi connectivity index (χ1v) is 11.7. The van der Waals surface area contributed by atoms with Crippen LogP contribution in [0.1, 0.15) is 12.8 Å². The molecular formula is C20H25F3N4O4S. The van der Waals surface area contributed by atoms with Gasteiger partial charge >= 0.3 is 6.36 Å². The van der Waals surface area contributed by atoms with Gasteiger partial charge < -0.3 is 19.4 Å².